The van der Waals surface area contributed by atoms with Gasteiger partial charge in [0, 0.05) is 33.3 Å². The van der Waals surface area contributed by atoms with Gasteiger partial charge >= 0.3 is 5.97 Å². The maximum atomic E-state index is 11.7. The molecule has 156 valence electrons. The standard InChI is InChI=1S/C21H33N3O4/c1-4-27-12-13-28-16-18-7-5-6-17(14-18)15-23-21(22-2)24-10-8-19(9-11-24)20(25)26-3/h5-7,14,19H,4,8-13,15-16H2,1-3H3,(H,22,23). The maximum absolute atomic E-state index is 11.7. The number of guanidine groups is 1. The first kappa shape index (κ1) is 22.2. The maximum Gasteiger partial charge on any atom is 0.308 e. The average Bonchev–Trinajstić information content (AvgIpc) is 2.74. The van der Waals surface area contributed by atoms with Gasteiger partial charge in [0.05, 0.1) is 32.8 Å². The molecule has 1 aromatic rings. The van der Waals surface area contributed by atoms with Gasteiger partial charge in [0.1, 0.15) is 0 Å². The number of carbonyl (C=O) groups is 1. The number of nitrogens with one attached hydrogen (secondary N) is 1. The van der Waals surface area contributed by atoms with Crippen LogP contribution in [0.15, 0.2) is 29.3 Å². The van der Waals surface area contributed by atoms with E-state index in [1.54, 1.807) is 7.05 Å². The highest BCUT2D eigenvalue weighted by molar-refractivity contribution is 5.80. The Bertz CT molecular complexity index is 628. The quantitative estimate of drug-likeness (QED) is 0.301. The van der Waals surface area contributed by atoms with Crippen LogP contribution in [0.25, 0.3) is 0 Å². The molecule has 1 aliphatic rings. The fraction of sp³-hybridized carbons (Fsp3) is 0.619. The van der Waals surface area contributed by atoms with Crippen LogP contribution < -0.4 is 5.32 Å². The van der Waals surface area contributed by atoms with Crippen LogP contribution in [0.4, 0.5) is 0 Å². The monoisotopic (exact) mass is 391 g/mol. The van der Waals surface area contributed by atoms with E-state index in [1.165, 1.54) is 12.7 Å². The van der Waals surface area contributed by atoms with Crippen molar-refractivity contribution in [2.45, 2.75) is 32.9 Å². The number of likely N-dealkylation sites (tertiary alicyclic amines) is 1. The first-order valence-corrected chi connectivity index (χ1v) is 9.94. The van der Waals surface area contributed by atoms with E-state index >= 15 is 0 Å². The SMILES string of the molecule is CCOCCOCc1cccc(CNC(=NC)N2CCC(C(=O)OC)CC2)c1. The number of rotatable bonds is 9. The molecule has 1 saturated heterocycles. The predicted molar refractivity (Wildman–Crippen MR) is 109 cm³/mol. The van der Waals surface area contributed by atoms with Crippen molar-refractivity contribution in [3.05, 3.63) is 35.4 Å². The van der Waals surface area contributed by atoms with Crippen LogP contribution in [0.3, 0.4) is 0 Å². The first-order chi connectivity index (χ1) is 13.7. The van der Waals surface area contributed by atoms with Gasteiger partial charge in [0.15, 0.2) is 5.96 Å². The normalized spacial score (nSPS) is 15.5. The number of hydrogen-bond acceptors (Lipinski definition) is 5. The van der Waals surface area contributed by atoms with Gasteiger partial charge in [-0.1, -0.05) is 24.3 Å². The topological polar surface area (TPSA) is 72.4 Å². The van der Waals surface area contributed by atoms with E-state index in [4.69, 9.17) is 14.2 Å². The van der Waals surface area contributed by atoms with Crippen LogP contribution in [0.2, 0.25) is 0 Å². The largest absolute Gasteiger partial charge is 0.469 e. The minimum absolute atomic E-state index is 0.00114. The van der Waals surface area contributed by atoms with E-state index < -0.39 is 0 Å². The fourth-order valence-corrected chi connectivity index (χ4v) is 3.29. The van der Waals surface area contributed by atoms with E-state index in [1.807, 2.05) is 13.0 Å². The molecule has 1 N–H and O–H groups in total. The summed E-state index contributed by atoms with van der Waals surface area (Å²) in [5.41, 5.74) is 2.32. The van der Waals surface area contributed by atoms with Crippen molar-refractivity contribution in [1.29, 1.82) is 0 Å². The summed E-state index contributed by atoms with van der Waals surface area (Å²) in [7, 11) is 3.24. The highest BCUT2D eigenvalue weighted by Crippen LogP contribution is 2.18. The zero-order chi connectivity index (χ0) is 20.2. The number of carbonyl (C=O) groups excluding carboxylic acids is 1. The van der Waals surface area contributed by atoms with Crippen LogP contribution >= 0.6 is 0 Å². The summed E-state index contributed by atoms with van der Waals surface area (Å²) in [6, 6.07) is 8.34. The Morgan fingerprint density at radius 2 is 1.93 bits per heavy atom. The molecule has 0 unspecified atom stereocenters. The number of methoxy groups -OCH3 is 1. The first-order valence-electron chi connectivity index (χ1n) is 9.94. The van der Waals surface area contributed by atoms with E-state index in [2.05, 4.69) is 33.4 Å². The van der Waals surface area contributed by atoms with Gasteiger partial charge in [0.2, 0.25) is 0 Å². The molecule has 0 saturated carbocycles. The fourth-order valence-electron chi connectivity index (χ4n) is 3.29. The number of benzene rings is 1. The smallest absolute Gasteiger partial charge is 0.308 e. The summed E-state index contributed by atoms with van der Waals surface area (Å²) >= 11 is 0. The molecule has 1 fully saturated rings. The molecule has 0 aliphatic carbocycles. The molecule has 28 heavy (non-hydrogen) atoms. The highest BCUT2D eigenvalue weighted by atomic mass is 16.5. The molecule has 7 heteroatoms. The van der Waals surface area contributed by atoms with Crippen molar-refractivity contribution < 1.29 is 19.0 Å². The molecule has 0 amide bonds. The molecule has 2 rings (SSSR count). The number of hydrogen-bond donors (Lipinski definition) is 1. The minimum atomic E-state index is -0.108. The Balaban J connectivity index is 1.79. The number of nitrogens with zero attached hydrogens (tertiary/aromatic N) is 2. The number of ether oxygens (including phenoxy) is 3. The third kappa shape index (κ3) is 7.13. The van der Waals surface area contributed by atoms with Gasteiger partial charge in [-0.05, 0) is 30.9 Å². The molecule has 0 atom stereocenters. The lowest BCUT2D eigenvalue weighted by Gasteiger charge is -2.33. The third-order valence-electron chi connectivity index (χ3n) is 4.83. The lowest BCUT2D eigenvalue weighted by Crippen LogP contribution is -2.46. The molecular formula is C21H33N3O4. The van der Waals surface area contributed by atoms with Gasteiger partial charge in [0.25, 0.3) is 0 Å². The molecule has 0 spiro atoms. The Morgan fingerprint density at radius 1 is 1.21 bits per heavy atom. The second-order valence-electron chi connectivity index (χ2n) is 6.75. The minimum Gasteiger partial charge on any atom is -0.469 e. The zero-order valence-corrected chi connectivity index (χ0v) is 17.3. The molecular weight excluding hydrogens is 358 g/mol. The molecule has 1 aliphatic heterocycles. The Labute approximate surface area is 168 Å². The Morgan fingerprint density at radius 3 is 2.61 bits per heavy atom. The summed E-state index contributed by atoms with van der Waals surface area (Å²) in [4.78, 5) is 18.3. The summed E-state index contributed by atoms with van der Waals surface area (Å²) in [5, 5.41) is 3.42. The van der Waals surface area contributed by atoms with Crippen molar-refractivity contribution in [2.24, 2.45) is 10.9 Å². The van der Waals surface area contributed by atoms with E-state index in [0.717, 1.165) is 37.5 Å². The molecule has 1 aromatic carbocycles. The molecule has 7 nitrogen and oxygen atoms in total. The predicted octanol–water partition coefficient (Wildman–Crippen LogP) is 2.20. The van der Waals surface area contributed by atoms with E-state index in [0.29, 0.717) is 33.0 Å². The van der Waals surface area contributed by atoms with Crippen LogP contribution in [0.1, 0.15) is 30.9 Å². The molecule has 0 aromatic heterocycles. The van der Waals surface area contributed by atoms with Crippen molar-refractivity contribution >= 4 is 11.9 Å². The van der Waals surface area contributed by atoms with Gasteiger partial charge in [-0.2, -0.15) is 0 Å². The van der Waals surface area contributed by atoms with Crippen LogP contribution in [0.5, 0.6) is 0 Å². The van der Waals surface area contributed by atoms with Crippen LogP contribution in [0, 0.1) is 5.92 Å². The van der Waals surface area contributed by atoms with Gasteiger partial charge < -0.3 is 24.4 Å². The van der Waals surface area contributed by atoms with Crippen molar-refractivity contribution in [3.8, 4) is 0 Å². The average molecular weight is 392 g/mol. The van der Waals surface area contributed by atoms with Gasteiger partial charge in [-0.3, -0.25) is 9.79 Å². The zero-order valence-electron chi connectivity index (χ0n) is 17.3. The van der Waals surface area contributed by atoms with Gasteiger partial charge in [-0.15, -0.1) is 0 Å². The lowest BCUT2D eigenvalue weighted by molar-refractivity contribution is -0.146. The van der Waals surface area contributed by atoms with Crippen LogP contribution in [-0.4, -0.2) is 63.9 Å². The van der Waals surface area contributed by atoms with Crippen molar-refractivity contribution in [1.82, 2.24) is 10.2 Å². The highest BCUT2D eigenvalue weighted by Gasteiger charge is 2.26. The van der Waals surface area contributed by atoms with E-state index in [9.17, 15) is 4.79 Å². The Kier molecular flexibility index (Phi) is 9.79. The van der Waals surface area contributed by atoms with Gasteiger partial charge in [-0.25, -0.2) is 0 Å². The van der Waals surface area contributed by atoms with Crippen LogP contribution in [-0.2, 0) is 32.2 Å². The number of aliphatic imine (C=N–C) groups is 1. The van der Waals surface area contributed by atoms with E-state index in [-0.39, 0.29) is 11.9 Å². The summed E-state index contributed by atoms with van der Waals surface area (Å²) in [6.45, 7) is 6.79. The molecule has 1 heterocycles. The summed E-state index contributed by atoms with van der Waals surface area (Å²) < 4.78 is 15.8. The summed E-state index contributed by atoms with van der Waals surface area (Å²) in [5.74, 6) is 0.753. The molecule has 0 bridgehead atoms. The Hall–Kier alpha value is -2.12. The second kappa shape index (κ2) is 12.4. The lowest BCUT2D eigenvalue weighted by atomic mass is 9.97. The second-order valence-corrected chi connectivity index (χ2v) is 6.75. The molecule has 0 radical (unpaired) electrons. The number of piperidine rings is 1. The number of esters is 1. The van der Waals surface area contributed by atoms with Crippen molar-refractivity contribution in [3.63, 3.8) is 0 Å². The summed E-state index contributed by atoms with van der Waals surface area (Å²) in [6.07, 6.45) is 1.59. The third-order valence-corrected chi connectivity index (χ3v) is 4.83. The van der Waals surface area contributed by atoms with Crippen molar-refractivity contribution in [2.75, 3.05) is 47.1 Å².